The van der Waals surface area contributed by atoms with Crippen LogP contribution in [0.4, 0.5) is 0 Å². The Kier molecular flexibility index (Phi) is 2.74. The molecule has 6 atom stereocenters. The fourth-order valence-corrected chi connectivity index (χ4v) is 5.64. The summed E-state index contributed by atoms with van der Waals surface area (Å²) in [5, 5.41) is 12.1. The number of hydrogen-bond donors (Lipinski definition) is 2. The zero-order valence-electron chi connectivity index (χ0n) is 13.1. The summed E-state index contributed by atoms with van der Waals surface area (Å²) in [4.78, 5) is 6.18. The van der Waals surface area contributed by atoms with E-state index in [2.05, 4.69) is 41.1 Å². The average molecular weight is 296 g/mol. The Morgan fingerprint density at radius 2 is 2.14 bits per heavy atom. The quantitative estimate of drug-likeness (QED) is 0.848. The van der Waals surface area contributed by atoms with E-state index in [4.69, 9.17) is 0 Å². The highest BCUT2D eigenvalue weighted by atomic mass is 16.3. The molecule has 2 saturated heterocycles. The third kappa shape index (κ3) is 1.59. The number of nitrogens with one attached hydrogen (secondary N) is 1. The van der Waals surface area contributed by atoms with Crippen molar-refractivity contribution in [1.82, 2.24) is 9.88 Å². The molecule has 1 aliphatic carbocycles. The van der Waals surface area contributed by atoms with Crippen LogP contribution in [0.1, 0.15) is 43.4 Å². The van der Waals surface area contributed by atoms with Gasteiger partial charge in [0.25, 0.3) is 0 Å². The maximum atomic E-state index is 10.7. The molecule has 4 heterocycles. The molecule has 1 aromatic carbocycles. The van der Waals surface area contributed by atoms with E-state index in [1.54, 1.807) is 0 Å². The van der Waals surface area contributed by atoms with E-state index < -0.39 is 0 Å². The Bertz CT molecular complexity index is 721. The minimum Gasteiger partial charge on any atom is -0.378 e. The van der Waals surface area contributed by atoms with Crippen LogP contribution >= 0.6 is 0 Å². The molecule has 1 saturated carbocycles. The van der Waals surface area contributed by atoms with Gasteiger partial charge in [-0.25, -0.2) is 0 Å². The monoisotopic (exact) mass is 296 g/mol. The zero-order chi connectivity index (χ0) is 14.8. The molecule has 0 spiro atoms. The first kappa shape index (κ1) is 13.1. The topological polar surface area (TPSA) is 39.3 Å². The van der Waals surface area contributed by atoms with E-state index >= 15 is 0 Å². The lowest BCUT2D eigenvalue weighted by Crippen LogP contribution is -2.61. The van der Waals surface area contributed by atoms with Crippen LogP contribution < -0.4 is 0 Å². The molecule has 6 unspecified atom stereocenters. The van der Waals surface area contributed by atoms with Crippen LogP contribution in [0.2, 0.25) is 0 Å². The lowest BCUT2D eigenvalue weighted by Gasteiger charge is -2.55. The Hall–Kier alpha value is -1.32. The Balaban J connectivity index is 1.69. The summed E-state index contributed by atoms with van der Waals surface area (Å²) in [5.74, 6) is 1.78. The number of H-pyrrole nitrogens is 1. The smallest absolute Gasteiger partial charge is 0.110 e. The van der Waals surface area contributed by atoms with E-state index in [0.717, 1.165) is 25.3 Å². The van der Waals surface area contributed by atoms with E-state index in [-0.39, 0.29) is 6.23 Å². The maximum absolute atomic E-state index is 10.7. The summed E-state index contributed by atoms with van der Waals surface area (Å²) in [5.41, 5.74) is 4.28. The molecule has 6 rings (SSSR count). The standard InChI is InChI=1S/C19H24N2O/c1-2-11-9-12-10-15-17-14(7-8-21(18(11)15)19(12)22)13-5-3-4-6-16(13)20-17/h3-6,11-12,15,18-20,22H,2,7-10H2,1H3. The van der Waals surface area contributed by atoms with Crippen LogP contribution in [-0.2, 0) is 6.42 Å². The lowest BCUT2D eigenvalue weighted by atomic mass is 9.64. The van der Waals surface area contributed by atoms with E-state index in [9.17, 15) is 5.11 Å². The normalized spacial score (nSPS) is 39.7. The fourth-order valence-electron chi connectivity index (χ4n) is 5.64. The van der Waals surface area contributed by atoms with Gasteiger partial charge in [-0.15, -0.1) is 0 Å². The fraction of sp³-hybridized carbons (Fsp3) is 0.579. The van der Waals surface area contributed by atoms with Crippen LogP contribution in [0.3, 0.4) is 0 Å². The number of aliphatic hydroxyl groups excluding tert-OH is 1. The zero-order valence-corrected chi connectivity index (χ0v) is 13.1. The molecule has 0 radical (unpaired) electrons. The van der Waals surface area contributed by atoms with Crippen LogP contribution in [0.25, 0.3) is 10.9 Å². The predicted octanol–water partition coefficient (Wildman–Crippen LogP) is 3.25. The highest BCUT2D eigenvalue weighted by Crippen LogP contribution is 2.52. The number of aromatic nitrogens is 1. The molecule has 3 heteroatoms. The Morgan fingerprint density at radius 1 is 1.27 bits per heavy atom. The number of nitrogens with zero attached hydrogens (tertiary/aromatic N) is 1. The largest absolute Gasteiger partial charge is 0.378 e. The molecule has 116 valence electrons. The number of fused-ring (bicyclic) bond motifs is 4. The summed E-state index contributed by atoms with van der Waals surface area (Å²) < 4.78 is 0. The molecule has 22 heavy (non-hydrogen) atoms. The Labute approximate surface area is 131 Å². The van der Waals surface area contributed by atoms with Crippen molar-refractivity contribution in [3.63, 3.8) is 0 Å². The van der Waals surface area contributed by atoms with Crippen molar-refractivity contribution in [3.05, 3.63) is 35.5 Å². The van der Waals surface area contributed by atoms with Gasteiger partial charge in [-0.3, -0.25) is 4.90 Å². The summed E-state index contributed by atoms with van der Waals surface area (Å²) in [7, 11) is 0. The molecule has 4 bridgehead atoms. The maximum Gasteiger partial charge on any atom is 0.110 e. The van der Waals surface area contributed by atoms with Gasteiger partial charge in [-0.2, -0.15) is 0 Å². The first-order valence-corrected chi connectivity index (χ1v) is 8.81. The van der Waals surface area contributed by atoms with Gasteiger partial charge >= 0.3 is 0 Å². The molecule has 1 aromatic heterocycles. The number of aliphatic hydroxyl groups is 1. The van der Waals surface area contributed by atoms with Crippen molar-refractivity contribution in [3.8, 4) is 0 Å². The molecule has 0 amide bonds. The summed E-state index contributed by atoms with van der Waals surface area (Å²) >= 11 is 0. The third-order valence-corrected chi connectivity index (χ3v) is 6.56. The van der Waals surface area contributed by atoms with Crippen LogP contribution in [0.15, 0.2) is 24.3 Å². The Morgan fingerprint density at radius 3 is 3.00 bits per heavy atom. The number of piperidine rings is 2. The van der Waals surface area contributed by atoms with Gasteiger partial charge in [0.15, 0.2) is 0 Å². The number of para-hydroxylation sites is 1. The van der Waals surface area contributed by atoms with E-state index in [0.29, 0.717) is 17.9 Å². The number of rotatable bonds is 1. The molecular weight excluding hydrogens is 272 g/mol. The summed E-state index contributed by atoms with van der Waals surface area (Å²) in [6, 6.07) is 9.25. The first-order chi connectivity index (χ1) is 10.8. The molecular formula is C19H24N2O. The van der Waals surface area contributed by atoms with Crippen molar-refractivity contribution in [2.24, 2.45) is 11.8 Å². The second kappa shape index (κ2) is 4.59. The SMILES string of the molecule is CCC1CC2CC3c4[nH]c5ccccc5c4CCN(C2O)C13. The molecule has 2 aromatic rings. The van der Waals surface area contributed by atoms with Gasteiger partial charge in [0, 0.05) is 35.1 Å². The molecule has 4 aliphatic rings. The second-order valence-electron chi connectivity index (χ2n) is 7.46. The molecule has 3 fully saturated rings. The highest BCUT2D eigenvalue weighted by Gasteiger charge is 2.52. The van der Waals surface area contributed by atoms with Gasteiger partial charge < -0.3 is 10.1 Å². The second-order valence-corrected chi connectivity index (χ2v) is 7.46. The molecule has 2 N–H and O–H groups in total. The summed E-state index contributed by atoms with van der Waals surface area (Å²) in [6.07, 6.45) is 4.45. The van der Waals surface area contributed by atoms with Gasteiger partial charge in [-0.05, 0) is 42.7 Å². The molecule has 3 nitrogen and oxygen atoms in total. The van der Waals surface area contributed by atoms with Crippen LogP contribution in [0.5, 0.6) is 0 Å². The van der Waals surface area contributed by atoms with Gasteiger partial charge in [0.05, 0.1) is 0 Å². The van der Waals surface area contributed by atoms with Crippen molar-refractivity contribution in [2.45, 2.75) is 50.8 Å². The van der Waals surface area contributed by atoms with Gasteiger partial charge in [-0.1, -0.05) is 31.5 Å². The van der Waals surface area contributed by atoms with Crippen molar-refractivity contribution in [2.75, 3.05) is 6.54 Å². The van der Waals surface area contributed by atoms with Gasteiger partial charge in [0.1, 0.15) is 6.23 Å². The van der Waals surface area contributed by atoms with Crippen LogP contribution in [0, 0.1) is 11.8 Å². The predicted molar refractivity (Wildman–Crippen MR) is 87.7 cm³/mol. The third-order valence-electron chi connectivity index (χ3n) is 6.56. The van der Waals surface area contributed by atoms with Crippen molar-refractivity contribution >= 4 is 10.9 Å². The number of benzene rings is 1. The lowest BCUT2D eigenvalue weighted by molar-refractivity contribution is -0.156. The minimum atomic E-state index is -0.209. The van der Waals surface area contributed by atoms with Crippen molar-refractivity contribution < 1.29 is 5.11 Å². The first-order valence-electron chi connectivity index (χ1n) is 8.81. The highest BCUT2D eigenvalue weighted by molar-refractivity contribution is 5.85. The number of hydrogen-bond acceptors (Lipinski definition) is 2. The average Bonchev–Trinajstić information content (AvgIpc) is 2.86. The van der Waals surface area contributed by atoms with Gasteiger partial charge in [0.2, 0.25) is 0 Å². The van der Waals surface area contributed by atoms with E-state index in [1.165, 1.54) is 35.0 Å². The molecule has 3 aliphatic heterocycles. The van der Waals surface area contributed by atoms with Crippen LogP contribution in [-0.4, -0.2) is 33.8 Å². The van der Waals surface area contributed by atoms with Crippen molar-refractivity contribution in [1.29, 1.82) is 0 Å². The minimum absolute atomic E-state index is 0.209. The number of aromatic amines is 1. The summed E-state index contributed by atoms with van der Waals surface area (Å²) in [6.45, 7) is 3.32. The van der Waals surface area contributed by atoms with E-state index in [1.807, 2.05) is 0 Å².